The molecule has 2 nitrogen and oxygen atoms in total. The van der Waals surface area contributed by atoms with E-state index in [0.717, 1.165) is 12.3 Å². The molecule has 3 heteroatoms. The Morgan fingerprint density at radius 2 is 2.17 bits per heavy atom. The van der Waals surface area contributed by atoms with E-state index >= 15 is 0 Å². The van der Waals surface area contributed by atoms with E-state index < -0.39 is 0 Å². The van der Waals surface area contributed by atoms with E-state index in [4.69, 9.17) is 0 Å². The second kappa shape index (κ2) is 5.32. The molecule has 0 amide bonds. The van der Waals surface area contributed by atoms with Gasteiger partial charge in [0.25, 0.3) is 0 Å². The Morgan fingerprint density at radius 1 is 1.33 bits per heavy atom. The van der Waals surface area contributed by atoms with Gasteiger partial charge in [0, 0.05) is 23.2 Å². The van der Waals surface area contributed by atoms with Crippen LogP contribution in [0.25, 0.3) is 0 Å². The van der Waals surface area contributed by atoms with Crippen molar-refractivity contribution in [3.8, 4) is 0 Å². The summed E-state index contributed by atoms with van der Waals surface area (Å²) in [5.41, 5.74) is 2.93. The minimum atomic E-state index is 0.300. The average Bonchev–Trinajstić information content (AvgIpc) is 3.12. The third-order valence-electron chi connectivity index (χ3n) is 4.23. The SMILES string of the molecule is OCCC(NC1CCc2cc(Br)ccc21)C1CC1. The maximum atomic E-state index is 9.17. The summed E-state index contributed by atoms with van der Waals surface area (Å²) in [4.78, 5) is 0. The quantitative estimate of drug-likeness (QED) is 0.875. The van der Waals surface area contributed by atoms with Crippen LogP contribution in [0.2, 0.25) is 0 Å². The molecule has 2 atom stereocenters. The highest BCUT2D eigenvalue weighted by Crippen LogP contribution is 2.38. The molecule has 0 aliphatic heterocycles. The summed E-state index contributed by atoms with van der Waals surface area (Å²) in [5, 5.41) is 13.0. The standard InChI is InChI=1S/C15H20BrNO/c16-12-4-5-13-11(9-12)3-6-15(13)17-14(7-8-18)10-1-2-10/h4-5,9-10,14-15,17-18H,1-3,6-8H2. The fourth-order valence-corrected chi connectivity index (χ4v) is 3.52. The van der Waals surface area contributed by atoms with Gasteiger partial charge in [-0.25, -0.2) is 0 Å². The number of hydrogen-bond donors (Lipinski definition) is 2. The van der Waals surface area contributed by atoms with Gasteiger partial charge < -0.3 is 10.4 Å². The third kappa shape index (κ3) is 2.63. The number of aliphatic hydroxyl groups is 1. The predicted octanol–water partition coefficient (Wildman–Crippen LogP) is 3.19. The second-order valence-corrected chi connectivity index (χ2v) is 6.47. The fraction of sp³-hybridized carbons (Fsp3) is 0.600. The molecule has 0 radical (unpaired) electrons. The average molecular weight is 310 g/mol. The normalized spacial score (nSPS) is 24.0. The summed E-state index contributed by atoms with van der Waals surface area (Å²) < 4.78 is 1.18. The van der Waals surface area contributed by atoms with E-state index in [1.54, 1.807) is 0 Å². The monoisotopic (exact) mass is 309 g/mol. The Labute approximate surface area is 117 Å². The van der Waals surface area contributed by atoms with Crippen LogP contribution in [0.1, 0.15) is 42.9 Å². The number of hydrogen-bond acceptors (Lipinski definition) is 2. The molecule has 98 valence electrons. The molecule has 2 aliphatic rings. The zero-order chi connectivity index (χ0) is 12.5. The molecule has 18 heavy (non-hydrogen) atoms. The van der Waals surface area contributed by atoms with Crippen molar-refractivity contribution >= 4 is 15.9 Å². The molecule has 2 N–H and O–H groups in total. The first-order valence-electron chi connectivity index (χ1n) is 6.93. The third-order valence-corrected chi connectivity index (χ3v) is 4.72. The van der Waals surface area contributed by atoms with Crippen molar-refractivity contribution in [3.05, 3.63) is 33.8 Å². The van der Waals surface area contributed by atoms with Gasteiger partial charge >= 0.3 is 0 Å². The van der Waals surface area contributed by atoms with Gasteiger partial charge in [0.1, 0.15) is 0 Å². The summed E-state index contributed by atoms with van der Waals surface area (Å²) in [6.45, 7) is 0.300. The van der Waals surface area contributed by atoms with Crippen LogP contribution >= 0.6 is 15.9 Å². The van der Waals surface area contributed by atoms with Gasteiger partial charge in [0.15, 0.2) is 0 Å². The summed E-state index contributed by atoms with van der Waals surface area (Å²) in [7, 11) is 0. The largest absolute Gasteiger partial charge is 0.396 e. The molecule has 2 unspecified atom stereocenters. The van der Waals surface area contributed by atoms with Crippen LogP contribution in [0.15, 0.2) is 22.7 Å². The highest BCUT2D eigenvalue weighted by Gasteiger charge is 2.33. The first kappa shape index (κ1) is 12.6. The van der Waals surface area contributed by atoms with Crippen molar-refractivity contribution in [1.82, 2.24) is 5.32 Å². The van der Waals surface area contributed by atoms with Crippen molar-refractivity contribution in [2.24, 2.45) is 5.92 Å². The maximum Gasteiger partial charge on any atom is 0.0445 e. The lowest BCUT2D eigenvalue weighted by Crippen LogP contribution is -2.34. The lowest BCUT2D eigenvalue weighted by atomic mass is 10.0. The summed E-state index contributed by atoms with van der Waals surface area (Å²) in [5.74, 6) is 0.802. The van der Waals surface area contributed by atoms with Gasteiger partial charge in [-0.15, -0.1) is 0 Å². The Kier molecular flexibility index (Phi) is 3.73. The Morgan fingerprint density at radius 3 is 2.89 bits per heavy atom. The molecule has 0 spiro atoms. The number of rotatable bonds is 5. The maximum absolute atomic E-state index is 9.17. The highest BCUT2D eigenvalue weighted by molar-refractivity contribution is 9.10. The number of aliphatic hydroxyl groups excluding tert-OH is 1. The van der Waals surface area contributed by atoms with Crippen molar-refractivity contribution in [2.45, 2.75) is 44.2 Å². The lowest BCUT2D eigenvalue weighted by Gasteiger charge is -2.23. The van der Waals surface area contributed by atoms with E-state index in [1.807, 2.05) is 0 Å². The number of aryl methyl sites for hydroxylation is 1. The van der Waals surface area contributed by atoms with Crippen LogP contribution in [0, 0.1) is 5.92 Å². The fourth-order valence-electron chi connectivity index (χ4n) is 3.11. The van der Waals surface area contributed by atoms with Gasteiger partial charge in [-0.2, -0.15) is 0 Å². The Hall–Kier alpha value is -0.380. The molecule has 1 fully saturated rings. The topological polar surface area (TPSA) is 32.3 Å². The second-order valence-electron chi connectivity index (χ2n) is 5.56. The number of halogens is 1. The minimum absolute atomic E-state index is 0.300. The van der Waals surface area contributed by atoms with Crippen LogP contribution in [0.3, 0.4) is 0 Å². The smallest absolute Gasteiger partial charge is 0.0445 e. The predicted molar refractivity (Wildman–Crippen MR) is 76.6 cm³/mol. The molecular weight excluding hydrogens is 290 g/mol. The van der Waals surface area contributed by atoms with Gasteiger partial charge in [-0.3, -0.25) is 0 Å². The van der Waals surface area contributed by atoms with Crippen molar-refractivity contribution in [1.29, 1.82) is 0 Å². The molecule has 0 heterocycles. The first-order valence-corrected chi connectivity index (χ1v) is 7.72. The van der Waals surface area contributed by atoms with Gasteiger partial charge in [-0.1, -0.05) is 22.0 Å². The summed E-state index contributed by atoms with van der Waals surface area (Å²) >= 11 is 3.54. The van der Waals surface area contributed by atoms with Crippen LogP contribution in [-0.2, 0) is 6.42 Å². The molecule has 1 saturated carbocycles. The van der Waals surface area contributed by atoms with Crippen molar-refractivity contribution in [3.63, 3.8) is 0 Å². The molecule has 0 bridgehead atoms. The molecule has 1 aromatic carbocycles. The number of nitrogens with one attached hydrogen (secondary N) is 1. The number of benzene rings is 1. The van der Waals surface area contributed by atoms with E-state index in [-0.39, 0.29) is 0 Å². The molecule has 0 aromatic heterocycles. The van der Waals surface area contributed by atoms with Crippen LogP contribution in [0.5, 0.6) is 0 Å². The van der Waals surface area contributed by atoms with Crippen LogP contribution in [-0.4, -0.2) is 17.8 Å². The molecule has 1 aromatic rings. The van der Waals surface area contributed by atoms with Crippen molar-refractivity contribution in [2.75, 3.05) is 6.61 Å². The van der Waals surface area contributed by atoms with Crippen molar-refractivity contribution < 1.29 is 5.11 Å². The van der Waals surface area contributed by atoms with Gasteiger partial charge in [0.2, 0.25) is 0 Å². The highest BCUT2D eigenvalue weighted by atomic mass is 79.9. The Bertz CT molecular complexity index is 431. The molecule has 2 aliphatic carbocycles. The zero-order valence-corrected chi connectivity index (χ0v) is 12.1. The molecular formula is C15H20BrNO. The summed E-state index contributed by atoms with van der Waals surface area (Å²) in [6.07, 6.45) is 5.92. The van der Waals surface area contributed by atoms with E-state index in [0.29, 0.717) is 18.7 Å². The first-order chi connectivity index (χ1) is 8.78. The Balaban J connectivity index is 1.71. The number of fused-ring (bicyclic) bond motifs is 1. The summed E-state index contributed by atoms with van der Waals surface area (Å²) in [6, 6.07) is 7.62. The van der Waals surface area contributed by atoms with Gasteiger partial charge in [-0.05, 0) is 61.3 Å². The van der Waals surface area contributed by atoms with Crippen LogP contribution in [0.4, 0.5) is 0 Å². The lowest BCUT2D eigenvalue weighted by molar-refractivity contribution is 0.248. The molecule has 3 rings (SSSR count). The van der Waals surface area contributed by atoms with E-state index in [2.05, 4.69) is 39.4 Å². The van der Waals surface area contributed by atoms with Gasteiger partial charge in [0.05, 0.1) is 0 Å². The van der Waals surface area contributed by atoms with Crippen LogP contribution < -0.4 is 5.32 Å². The van der Waals surface area contributed by atoms with E-state index in [9.17, 15) is 5.11 Å². The minimum Gasteiger partial charge on any atom is -0.396 e. The van der Waals surface area contributed by atoms with E-state index in [1.165, 1.54) is 41.3 Å². The zero-order valence-electron chi connectivity index (χ0n) is 10.5. The molecule has 0 saturated heterocycles.